The van der Waals surface area contributed by atoms with Crippen LogP contribution in [0, 0.1) is 5.82 Å². The number of amides is 1. The molecule has 5 nitrogen and oxygen atoms in total. The van der Waals surface area contributed by atoms with Crippen LogP contribution in [0.15, 0.2) is 48.7 Å². The average Bonchev–Trinajstić information content (AvgIpc) is 2.88. The fraction of sp³-hybridized carbons (Fsp3) is 0.261. The van der Waals surface area contributed by atoms with Crippen LogP contribution in [0.25, 0.3) is 22.5 Å². The smallest absolute Gasteiger partial charge is 0.283 e. The third-order valence-corrected chi connectivity index (χ3v) is 5.60. The molecule has 1 fully saturated rings. The van der Waals surface area contributed by atoms with E-state index in [2.05, 4.69) is 21.5 Å². The van der Waals surface area contributed by atoms with Crippen molar-refractivity contribution in [3.63, 3.8) is 0 Å². The summed E-state index contributed by atoms with van der Waals surface area (Å²) in [4.78, 5) is 22.0. The fourth-order valence-electron chi connectivity index (χ4n) is 4.12. The Balaban J connectivity index is 1.60. The third-order valence-electron chi connectivity index (χ3n) is 5.60. The first kappa shape index (κ1) is 17.9. The molecule has 0 spiro atoms. The van der Waals surface area contributed by atoms with E-state index < -0.39 is 0 Å². The minimum Gasteiger partial charge on any atom is -0.283 e. The molecule has 0 radical (unpaired) electrons. The van der Waals surface area contributed by atoms with Gasteiger partial charge in [-0.1, -0.05) is 36.8 Å². The van der Waals surface area contributed by atoms with Crippen molar-refractivity contribution in [2.45, 2.75) is 25.7 Å². The molecule has 0 atom stereocenters. The molecular weight excluding hydrogens is 367 g/mol. The number of hydrazine groups is 1. The molecule has 29 heavy (non-hydrogen) atoms. The summed E-state index contributed by atoms with van der Waals surface area (Å²) in [7, 11) is 0. The highest BCUT2D eigenvalue weighted by atomic mass is 19.1. The zero-order chi connectivity index (χ0) is 19.8. The molecule has 1 saturated heterocycles. The van der Waals surface area contributed by atoms with Gasteiger partial charge in [-0.05, 0) is 42.5 Å². The second-order valence-corrected chi connectivity index (χ2v) is 7.58. The summed E-state index contributed by atoms with van der Waals surface area (Å²) in [6.07, 6.45) is 5.50. The van der Waals surface area contributed by atoms with Gasteiger partial charge in [-0.15, -0.1) is 0 Å². The predicted octanol–water partition coefficient (Wildman–Crippen LogP) is 3.98. The zero-order valence-electron chi connectivity index (χ0n) is 16.0. The molecule has 6 heteroatoms. The lowest BCUT2D eigenvalue weighted by atomic mass is 10.00. The zero-order valence-corrected chi connectivity index (χ0v) is 16.0. The highest BCUT2D eigenvalue weighted by molar-refractivity contribution is 5.93. The molecule has 1 amide bonds. The number of carbonyl (C=O) groups excluding carboxylic acids is 1. The molecule has 2 aliphatic rings. The Hall–Kier alpha value is -3.12. The van der Waals surface area contributed by atoms with E-state index in [1.54, 1.807) is 6.07 Å². The van der Waals surface area contributed by atoms with Crippen LogP contribution in [0.3, 0.4) is 0 Å². The Kier molecular flexibility index (Phi) is 4.56. The van der Waals surface area contributed by atoms with Crippen LogP contribution in [0.2, 0.25) is 0 Å². The summed E-state index contributed by atoms with van der Waals surface area (Å²) in [6.45, 7) is 1.68. The van der Waals surface area contributed by atoms with Gasteiger partial charge in [-0.3, -0.25) is 15.2 Å². The first-order valence-electron chi connectivity index (χ1n) is 9.99. The standard InChI is InChI=1S/C23H21FN4O/c24-17-9-8-16-12-15-6-2-3-7-18(15)21-22(19(16)13-17)26-20(14-25-21)23(29)27-28-10-4-1-5-11-28/h2-3,6-9,13-14H,1,4-5,10-12H2,(H,27,29). The molecule has 146 valence electrons. The van der Waals surface area contributed by atoms with Gasteiger partial charge in [0.25, 0.3) is 5.91 Å². The second-order valence-electron chi connectivity index (χ2n) is 7.58. The lowest BCUT2D eigenvalue weighted by Crippen LogP contribution is -2.45. The van der Waals surface area contributed by atoms with Crippen molar-refractivity contribution in [1.82, 2.24) is 20.4 Å². The monoisotopic (exact) mass is 388 g/mol. The van der Waals surface area contributed by atoms with Gasteiger partial charge in [0, 0.05) is 24.2 Å². The summed E-state index contributed by atoms with van der Waals surface area (Å²) in [6, 6.07) is 12.7. The lowest BCUT2D eigenvalue weighted by Gasteiger charge is -2.26. The Labute approximate surface area is 168 Å². The minimum absolute atomic E-state index is 0.240. The number of nitrogens with zero attached hydrogens (tertiary/aromatic N) is 3. The van der Waals surface area contributed by atoms with E-state index in [0.29, 0.717) is 23.4 Å². The molecule has 1 aliphatic heterocycles. The lowest BCUT2D eigenvalue weighted by molar-refractivity contribution is 0.0744. The number of aromatic nitrogens is 2. The maximum absolute atomic E-state index is 14.1. The highest BCUT2D eigenvalue weighted by Crippen LogP contribution is 2.38. The Morgan fingerprint density at radius 3 is 2.62 bits per heavy atom. The Morgan fingerprint density at radius 1 is 0.966 bits per heavy atom. The molecule has 1 aromatic heterocycles. The van der Waals surface area contributed by atoms with Gasteiger partial charge in [-0.2, -0.15) is 0 Å². The van der Waals surface area contributed by atoms with Crippen LogP contribution in [0.1, 0.15) is 40.9 Å². The quantitative estimate of drug-likeness (QED) is 0.564. The molecule has 2 aromatic carbocycles. The molecule has 0 saturated carbocycles. The van der Waals surface area contributed by atoms with E-state index in [4.69, 9.17) is 0 Å². The van der Waals surface area contributed by atoms with Crippen molar-refractivity contribution in [3.05, 3.63) is 71.3 Å². The van der Waals surface area contributed by atoms with Crippen LogP contribution in [-0.2, 0) is 6.42 Å². The first-order chi connectivity index (χ1) is 14.2. The Bertz CT molecular complexity index is 1090. The van der Waals surface area contributed by atoms with Gasteiger partial charge in [0.2, 0.25) is 0 Å². The van der Waals surface area contributed by atoms with E-state index in [9.17, 15) is 9.18 Å². The molecule has 5 rings (SSSR count). The summed E-state index contributed by atoms with van der Waals surface area (Å²) < 4.78 is 14.1. The fourth-order valence-corrected chi connectivity index (χ4v) is 4.12. The van der Waals surface area contributed by atoms with Gasteiger partial charge < -0.3 is 0 Å². The number of carbonyl (C=O) groups is 1. The molecule has 1 N–H and O–H groups in total. The van der Waals surface area contributed by atoms with E-state index in [1.165, 1.54) is 24.8 Å². The third kappa shape index (κ3) is 3.40. The van der Waals surface area contributed by atoms with Crippen LogP contribution in [0.5, 0.6) is 0 Å². The molecule has 0 unspecified atom stereocenters. The first-order valence-corrected chi connectivity index (χ1v) is 9.99. The van der Waals surface area contributed by atoms with E-state index in [-0.39, 0.29) is 17.4 Å². The topological polar surface area (TPSA) is 58.1 Å². The van der Waals surface area contributed by atoms with Crippen LogP contribution < -0.4 is 5.43 Å². The number of nitrogens with one attached hydrogen (secondary N) is 1. The van der Waals surface area contributed by atoms with Gasteiger partial charge >= 0.3 is 0 Å². The number of rotatable bonds is 2. The number of hydrogen-bond acceptors (Lipinski definition) is 4. The SMILES string of the molecule is O=C(NN1CCCCC1)c1cnc2c(n1)-c1cc(F)ccc1Cc1ccccc1-2. The van der Waals surface area contributed by atoms with Crippen LogP contribution in [0.4, 0.5) is 4.39 Å². The van der Waals surface area contributed by atoms with Crippen molar-refractivity contribution in [1.29, 1.82) is 0 Å². The number of piperidine rings is 1. The largest absolute Gasteiger partial charge is 0.285 e. The average molecular weight is 388 g/mol. The van der Waals surface area contributed by atoms with Crippen molar-refractivity contribution < 1.29 is 9.18 Å². The number of benzene rings is 2. The van der Waals surface area contributed by atoms with Gasteiger partial charge in [0.15, 0.2) is 0 Å². The minimum atomic E-state index is -0.328. The normalized spacial score (nSPS) is 15.6. The van der Waals surface area contributed by atoms with E-state index in [1.807, 2.05) is 23.2 Å². The molecule has 1 aliphatic carbocycles. The molecule has 3 aromatic rings. The summed E-state index contributed by atoms with van der Waals surface area (Å²) in [5, 5.41) is 1.93. The van der Waals surface area contributed by atoms with E-state index in [0.717, 1.165) is 42.6 Å². The van der Waals surface area contributed by atoms with Gasteiger partial charge in [0.05, 0.1) is 17.6 Å². The number of fused-ring (bicyclic) bond motifs is 5. The Morgan fingerprint density at radius 2 is 1.76 bits per heavy atom. The van der Waals surface area contributed by atoms with Gasteiger partial charge in [0.1, 0.15) is 11.5 Å². The number of hydrogen-bond donors (Lipinski definition) is 1. The van der Waals surface area contributed by atoms with Crippen molar-refractivity contribution in [2.24, 2.45) is 0 Å². The second kappa shape index (κ2) is 7.37. The number of halogens is 1. The van der Waals surface area contributed by atoms with Gasteiger partial charge in [-0.25, -0.2) is 14.4 Å². The molecule has 0 bridgehead atoms. The van der Waals surface area contributed by atoms with Crippen LogP contribution in [-0.4, -0.2) is 34.0 Å². The summed E-state index contributed by atoms with van der Waals surface area (Å²) in [5.41, 5.74) is 8.14. The predicted molar refractivity (Wildman–Crippen MR) is 109 cm³/mol. The van der Waals surface area contributed by atoms with Crippen molar-refractivity contribution >= 4 is 5.91 Å². The van der Waals surface area contributed by atoms with Crippen molar-refractivity contribution in [2.75, 3.05) is 13.1 Å². The maximum Gasteiger partial charge on any atom is 0.285 e. The molecule has 2 heterocycles. The van der Waals surface area contributed by atoms with Crippen molar-refractivity contribution in [3.8, 4) is 22.5 Å². The highest BCUT2D eigenvalue weighted by Gasteiger charge is 2.24. The van der Waals surface area contributed by atoms with Crippen LogP contribution >= 0.6 is 0 Å². The molecular formula is C23H21FN4O. The summed E-state index contributed by atoms with van der Waals surface area (Å²) >= 11 is 0. The summed E-state index contributed by atoms with van der Waals surface area (Å²) in [5.74, 6) is -0.608. The maximum atomic E-state index is 14.1. The van der Waals surface area contributed by atoms with E-state index >= 15 is 0 Å².